The average molecular weight is 353 g/mol. The van der Waals surface area contributed by atoms with Crippen molar-refractivity contribution < 1.29 is 4.42 Å². The SMILES string of the molecule is Cc1nc(Sc2cc(Br)ccc2CNC2CC2)oc1C. The van der Waals surface area contributed by atoms with E-state index in [1.54, 1.807) is 11.8 Å². The van der Waals surface area contributed by atoms with Crippen LogP contribution >= 0.6 is 27.7 Å². The van der Waals surface area contributed by atoms with Gasteiger partial charge in [-0.25, -0.2) is 4.98 Å². The molecule has 0 unspecified atom stereocenters. The van der Waals surface area contributed by atoms with Crippen molar-refractivity contribution in [1.29, 1.82) is 0 Å². The summed E-state index contributed by atoms with van der Waals surface area (Å²) in [5.41, 5.74) is 2.25. The molecular formula is C15H17BrN2OS. The van der Waals surface area contributed by atoms with Gasteiger partial charge in [0.25, 0.3) is 5.22 Å². The van der Waals surface area contributed by atoms with Gasteiger partial charge in [0.05, 0.1) is 5.69 Å². The van der Waals surface area contributed by atoms with Crippen molar-refractivity contribution in [2.75, 3.05) is 0 Å². The molecule has 3 nitrogen and oxygen atoms in total. The van der Waals surface area contributed by atoms with E-state index in [2.05, 4.69) is 44.4 Å². The van der Waals surface area contributed by atoms with Gasteiger partial charge < -0.3 is 9.73 Å². The molecule has 0 bridgehead atoms. The van der Waals surface area contributed by atoms with E-state index in [0.29, 0.717) is 11.3 Å². The van der Waals surface area contributed by atoms with Crippen LogP contribution in [0, 0.1) is 13.8 Å². The molecule has 106 valence electrons. The minimum absolute atomic E-state index is 0.711. The lowest BCUT2D eigenvalue weighted by Gasteiger charge is -2.09. The molecule has 1 aliphatic carbocycles. The highest BCUT2D eigenvalue weighted by Crippen LogP contribution is 2.33. The Balaban J connectivity index is 1.80. The molecule has 5 heteroatoms. The number of oxazole rings is 1. The number of nitrogens with zero attached hydrogens (tertiary/aromatic N) is 1. The maximum atomic E-state index is 5.67. The Morgan fingerprint density at radius 3 is 2.85 bits per heavy atom. The first-order chi connectivity index (χ1) is 9.61. The topological polar surface area (TPSA) is 38.1 Å². The molecule has 0 saturated heterocycles. The van der Waals surface area contributed by atoms with Crippen LogP contribution in [0.1, 0.15) is 29.9 Å². The summed E-state index contributed by atoms with van der Waals surface area (Å²) in [6, 6.07) is 7.08. The predicted octanol–water partition coefficient (Wildman–Crippen LogP) is 4.46. The maximum absolute atomic E-state index is 5.67. The lowest BCUT2D eigenvalue weighted by molar-refractivity contribution is 0.431. The van der Waals surface area contributed by atoms with Gasteiger partial charge in [-0.15, -0.1) is 0 Å². The van der Waals surface area contributed by atoms with E-state index in [9.17, 15) is 0 Å². The van der Waals surface area contributed by atoms with Crippen molar-refractivity contribution in [3.63, 3.8) is 0 Å². The van der Waals surface area contributed by atoms with Crippen molar-refractivity contribution >= 4 is 27.7 Å². The van der Waals surface area contributed by atoms with E-state index in [1.807, 2.05) is 13.8 Å². The van der Waals surface area contributed by atoms with Crippen LogP contribution in [0.4, 0.5) is 0 Å². The highest BCUT2D eigenvalue weighted by atomic mass is 79.9. The standard InChI is InChI=1S/C15H17BrN2OS/c1-9-10(2)19-15(18-9)20-14-7-12(16)4-3-11(14)8-17-13-5-6-13/h3-4,7,13,17H,5-6,8H2,1-2H3. The maximum Gasteiger partial charge on any atom is 0.261 e. The molecule has 0 atom stereocenters. The zero-order valence-corrected chi connectivity index (χ0v) is 14.0. The van der Waals surface area contributed by atoms with Gasteiger partial charge in [0.2, 0.25) is 0 Å². The Kier molecular flexibility index (Phi) is 4.19. The lowest BCUT2D eigenvalue weighted by Crippen LogP contribution is -2.15. The Labute approximate surface area is 131 Å². The number of rotatable bonds is 5. The second-order valence-corrected chi connectivity index (χ2v) is 7.04. The van der Waals surface area contributed by atoms with E-state index in [1.165, 1.54) is 23.3 Å². The van der Waals surface area contributed by atoms with Crippen LogP contribution in [0.25, 0.3) is 0 Å². The molecule has 1 saturated carbocycles. The molecule has 0 radical (unpaired) electrons. The number of nitrogens with one attached hydrogen (secondary N) is 1. The third-order valence-corrected chi connectivity index (χ3v) is 4.84. The van der Waals surface area contributed by atoms with Gasteiger partial charge in [-0.3, -0.25) is 0 Å². The van der Waals surface area contributed by atoms with Crippen molar-refractivity contribution in [3.05, 3.63) is 39.7 Å². The first-order valence-electron chi connectivity index (χ1n) is 6.75. The smallest absolute Gasteiger partial charge is 0.261 e. The normalized spacial score (nSPS) is 14.8. The Bertz CT molecular complexity index is 603. The molecule has 1 N–H and O–H groups in total. The van der Waals surface area contributed by atoms with Gasteiger partial charge in [0.15, 0.2) is 0 Å². The fourth-order valence-electron chi connectivity index (χ4n) is 1.89. The van der Waals surface area contributed by atoms with Gasteiger partial charge in [-0.1, -0.05) is 22.0 Å². The van der Waals surface area contributed by atoms with E-state index in [0.717, 1.165) is 22.5 Å². The minimum Gasteiger partial charge on any atom is -0.436 e. The number of aromatic nitrogens is 1. The molecule has 20 heavy (non-hydrogen) atoms. The second-order valence-electron chi connectivity index (χ2n) is 5.13. The molecular weight excluding hydrogens is 336 g/mol. The first kappa shape index (κ1) is 14.2. The zero-order valence-electron chi connectivity index (χ0n) is 11.6. The number of hydrogen-bond acceptors (Lipinski definition) is 4. The molecule has 1 aromatic carbocycles. The quantitative estimate of drug-likeness (QED) is 0.862. The minimum atomic E-state index is 0.711. The summed E-state index contributed by atoms with van der Waals surface area (Å²) in [6.45, 7) is 4.82. The summed E-state index contributed by atoms with van der Waals surface area (Å²) < 4.78 is 6.75. The summed E-state index contributed by atoms with van der Waals surface area (Å²) in [6.07, 6.45) is 2.61. The van der Waals surface area contributed by atoms with Crippen LogP contribution in [-0.4, -0.2) is 11.0 Å². The molecule has 2 aromatic rings. The molecule has 0 spiro atoms. The highest BCUT2D eigenvalue weighted by molar-refractivity contribution is 9.10. The Morgan fingerprint density at radius 1 is 1.40 bits per heavy atom. The summed E-state index contributed by atoms with van der Waals surface area (Å²) >= 11 is 5.12. The van der Waals surface area contributed by atoms with Gasteiger partial charge in [-0.05, 0) is 56.1 Å². The Hall–Kier alpha value is -0.780. The van der Waals surface area contributed by atoms with Crippen LogP contribution in [0.5, 0.6) is 0 Å². The molecule has 1 aliphatic rings. The van der Waals surface area contributed by atoms with E-state index >= 15 is 0 Å². The molecule has 0 amide bonds. The second kappa shape index (κ2) is 5.92. The summed E-state index contributed by atoms with van der Waals surface area (Å²) in [5, 5.41) is 4.27. The van der Waals surface area contributed by atoms with Crippen LogP contribution in [0.2, 0.25) is 0 Å². The van der Waals surface area contributed by atoms with Crippen LogP contribution in [-0.2, 0) is 6.54 Å². The van der Waals surface area contributed by atoms with Gasteiger partial charge >= 0.3 is 0 Å². The number of hydrogen-bond donors (Lipinski definition) is 1. The number of benzene rings is 1. The Morgan fingerprint density at radius 2 is 2.20 bits per heavy atom. The number of aryl methyl sites for hydroxylation is 2. The third kappa shape index (κ3) is 3.45. The van der Waals surface area contributed by atoms with Gasteiger partial charge in [0, 0.05) is 22.0 Å². The fourth-order valence-corrected chi connectivity index (χ4v) is 3.40. The van der Waals surface area contributed by atoms with Gasteiger partial charge in [-0.2, -0.15) is 0 Å². The fraction of sp³-hybridized carbons (Fsp3) is 0.400. The van der Waals surface area contributed by atoms with Crippen molar-refractivity contribution in [3.8, 4) is 0 Å². The van der Waals surface area contributed by atoms with E-state index in [4.69, 9.17) is 4.42 Å². The van der Waals surface area contributed by atoms with Crippen molar-refractivity contribution in [1.82, 2.24) is 10.3 Å². The third-order valence-electron chi connectivity index (χ3n) is 3.39. The molecule has 0 aliphatic heterocycles. The highest BCUT2D eigenvalue weighted by Gasteiger charge is 2.21. The summed E-state index contributed by atoms with van der Waals surface area (Å²) in [7, 11) is 0. The average Bonchev–Trinajstić information content (AvgIpc) is 3.16. The lowest BCUT2D eigenvalue weighted by atomic mass is 10.2. The first-order valence-corrected chi connectivity index (χ1v) is 8.36. The predicted molar refractivity (Wildman–Crippen MR) is 84.1 cm³/mol. The van der Waals surface area contributed by atoms with Gasteiger partial charge in [0.1, 0.15) is 5.76 Å². The monoisotopic (exact) mass is 352 g/mol. The van der Waals surface area contributed by atoms with E-state index < -0.39 is 0 Å². The van der Waals surface area contributed by atoms with E-state index in [-0.39, 0.29) is 0 Å². The van der Waals surface area contributed by atoms with Crippen LogP contribution in [0.3, 0.4) is 0 Å². The largest absolute Gasteiger partial charge is 0.436 e. The summed E-state index contributed by atoms with van der Waals surface area (Å²) in [5.74, 6) is 0.889. The molecule has 1 aromatic heterocycles. The summed E-state index contributed by atoms with van der Waals surface area (Å²) in [4.78, 5) is 5.63. The zero-order chi connectivity index (χ0) is 14.1. The molecule has 1 heterocycles. The van der Waals surface area contributed by atoms with Crippen molar-refractivity contribution in [2.45, 2.75) is 49.4 Å². The molecule has 1 fully saturated rings. The van der Waals surface area contributed by atoms with Crippen LogP contribution < -0.4 is 5.32 Å². The van der Waals surface area contributed by atoms with Crippen LogP contribution in [0.15, 0.2) is 37.2 Å². The molecule has 3 rings (SSSR count). The van der Waals surface area contributed by atoms with Crippen molar-refractivity contribution in [2.24, 2.45) is 0 Å². The number of halogens is 1.